The Morgan fingerprint density at radius 1 is 1.15 bits per heavy atom. The SMILES string of the molecule is C=CC(=O)N1CCN(c2cc3cnc(NC)nc3n(-c3ccc(OCCN(C)C)cc3)c2=O)c2cccc(C)c21. The summed E-state index contributed by atoms with van der Waals surface area (Å²) in [7, 11) is 5.73. The van der Waals surface area contributed by atoms with Crippen LogP contribution in [0.15, 0.2) is 72.2 Å². The van der Waals surface area contributed by atoms with E-state index in [-0.39, 0.29) is 11.5 Å². The van der Waals surface area contributed by atoms with E-state index >= 15 is 0 Å². The van der Waals surface area contributed by atoms with E-state index in [1.165, 1.54) is 6.08 Å². The van der Waals surface area contributed by atoms with Crippen LogP contribution in [-0.2, 0) is 4.79 Å². The monoisotopic (exact) mass is 539 g/mol. The third-order valence-electron chi connectivity index (χ3n) is 6.90. The molecule has 0 saturated heterocycles. The number of pyridine rings is 1. The van der Waals surface area contributed by atoms with Crippen LogP contribution in [0.25, 0.3) is 16.7 Å². The molecule has 0 unspecified atom stereocenters. The number of carbonyl (C=O) groups excluding carboxylic acids is 1. The fourth-order valence-corrected chi connectivity index (χ4v) is 4.90. The third kappa shape index (κ3) is 5.01. The number of amides is 1. The maximum atomic E-state index is 14.3. The molecule has 206 valence electrons. The zero-order chi connectivity index (χ0) is 28.4. The van der Waals surface area contributed by atoms with Crippen molar-refractivity contribution in [3.05, 3.63) is 83.3 Å². The molecule has 0 fully saturated rings. The molecular weight excluding hydrogens is 506 g/mol. The highest BCUT2D eigenvalue weighted by Crippen LogP contribution is 2.39. The first kappa shape index (κ1) is 26.9. The number of benzene rings is 2. The van der Waals surface area contributed by atoms with E-state index in [1.54, 1.807) is 22.7 Å². The normalized spacial score (nSPS) is 12.9. The van der Waals surface area contributed by atoms with E-state index in [4.69, 9.17) is 4.74 Å². The summed E-state index contributed by atoms with van der Waals surface area (Å²) in [6.07, 6.45) is 3.03. The summed E-state index contributed by atoms with van der Waals surface area (Å²) in [5.41, 5.74) is 3.86. The van der Waals surface area contributed by atoms with Gasteiger partial charge in [-0.2, -0.15) is 4.98 Å². The first-order valence-electron chi connectivity index (χ1n) is 13.1. The lowest BCUT2D eigenvalue weighted by Gasteiger charge is -2.38. The first-order valence-corrected chi connectivity index (χ1v) is 13.1. The summed E-state index contributed by atoms with van der Waals surface area (Å²) in [6, 6.07) is 15.1. The minimum absolute atomic E-state index is 0.174. The van der Waals surface area contributed by atoms with E-state index in [1.807, 2.05) is 74.4 Å². The molecule has 2 aromatic carbocycles. The second-order valence-corrected chi connectivity index (χ2v) is 9.83. The molecule has 40 heavy (non-hydrogen) atoms. The lowest BCUT2D eigenvalue weighted by molar-refractivity contribution is -0.114. The zero-order valence-electron chi connectivity index (χ0n) is 23.2. The quantitative estimate of drug-likeness (QED) is 0.339. The number of rotatable bonds is 8. The molecule has 10 nitrogen and oxygen atoms in total. The van der Waals surface area contributed by atoms with Gasteiger partial charge < -0.3 is 24.8 Å². The number of fused-ring (bicyclic) bond motifs is 2. The van der Waals surface area contributed by atoms with Gasteiger partial charge in [-0.3, -0.25) is 14.2 Å². The highest BCUT2D eigenvalue weighted by atomic mass is 16.5. The second kappa shape index (κ2) is 11.2. The van der Waals surface area contributed by atoms with E-state index in [9.17, 15) is 9.59 Å². The van der Waals surface area contributed by atoms with Crippen molar-refractivity contribution < 1.29 is 9.53 Å². The van der Waals surface area contributed by atoms with Gasteiger partial charge in [0.2, 0.25) is 5.95 Å². The van der Waals surface area contributed by atoms with Crippen LogP contribution in [0.5, 0.6) is 5.75 Å². The molecule has 0 atom stereocenters. The summed E-state index contributed by atoms with van der Waals surface area (Å²) < 4.78 is 7.46. The van der Waals surface area contributed by atoms with Crippen LogP contribution in [0.2, 0.25) is 0 Å². The van der Waals surface area contributed by atoms with Crippen LogP contribution in [0.3, 0.4) is 0 Å². The average molecular weight is 540 g/mol. The summed E-state index contributed by atoms with van der Waals surface area (Å²) in [6.45, 7) is 7.82. The predicted molar refractivity (Wildman–Crippen MR) is 159 cm³/mol. The number of carbonyl (C=O) groups is 1. The molecule has 0 bridgehead atoms. The smallest absolute Gasteiger partial charge is 0.280 e. The number of nitrogens with zero attached hydrogens (tertiary/aromatic N) is 6. The Morgan fingerprint density at radius 3 is 2.62 bits per heavy atom. The van der Waals surface area contributed by atoms with E-state index in [0.29, 0.717) is 48.1 Å². The van der Waals surface area contributed by atoms with Crippen molar-refractivity contribution in [2.24, 2.45) is 0 Å². The predicted octanol–water partition coefficient (Wildman–Crippen LogP) is 3.74. The van der Waals surface area contributed by atoms with Crippen LogP contribution in [0.1, 0.15) is 5.56 Å². The fourth-order valence-electron chi connectivity index (χ4n) is 4.90. The molecule has 0 spiro atoms. The maximum absolute atomic E-state index is 14.3. The molecule has 1 amide bonds. The number of nitrogens with one attached hydrogen (secondary N) is 1. The van der Waals surface area contributed by atoms with Crippen molar-refractivity contribution in [2.45, 2.75) is 6.92 Å². The van der Waals surface area contributed by atoms with Gasteiger partial charge in [-0.25, -0.2) is 4.98 Å². The summed E-state index contributed by atoms with van der Waals surface area (Å²) >= 11 is 0. The van der Waals surface area contributed by atoms with Gasteiger partial charge >= 0.3 is 0 Å². The highest BCUT2D eigenvalue weighted by Gasteiger charge is 2.30. The molecule has 4 aromatic rings. The largest absolute Gasteiger partial charge is 0.492 e. The van der Waals surface area contributed by atoms with Crippen molar-refractivity contribution in [2.75, 3.05) is 62.5 Å². The van der Waals surface area contributed by atoms with Crippen LogP contribution < -0.4 is 25.4 Å². The van der Waals surface area contributed by atoms with Gasteiger partial charge in [0.15, 0.2) is 5.65 Å². The van der Waals surface area contributed by atoms with Crippen molar-refractivity contribution in [3.63, 3.8) is 0 Å². The molecule has 0 radical (unpaired) electrons. The molecule has 10 heteroatoms. The Hall–Kier alpha value is -4.70. The third-order valence-corrected chi connectivity index (χ3v) is 6.90. The number of anilines is 4. The molecule has 5 rings (SSSR count). The molecule has 1 N–H and O–H groups in total. The Kier molecular flexibility index (Phi) is 7.52. The molecule has 1 aliphatic heterocycles. The number of ether oxygens (including phenoxy) is 1. The van der Waals surface area contributed by atoms with Gasteiger partial charge in [0.25, 0.3) is 11.5 Å². The van der Waals surface area contributed by atoms with Crippen molar-refractivity contribution in [1.29, 1.82) is 0 Å². The van der Waals surface area contributed by atoms with Gasteiger partial charge in [0.05, 0.1) is 17.1 Å². The molecule has 2 aromatic heterocycles. The van der Waals surface area contributed by atoms with E-state index < -0.39 is 0 Å². The zero-order valence-corrected chi connectivity index (χ0v) is 23.2. The lowest BCUT2D eigenvalue weighted by atomic mass is 10.1. The van der Waals surface area contributed by atoms with Crippen molar-refractivity contribution in [3.8, 4) is 11.4 Å². The standard InChI is InChI=1S/C30H33N7O3/c1-6-26(38)36-15-14-35(24-9-7-8-20(2)27(24)36)25-18-21-19-32-30(31-3)33-28(21)37(29(25)39)22-10-12-23(13-11-22)40-17-16-34(4)5/h6-13,18-19H,1,14-17H2,2-5H3,(H,31,32,33). The number of hydrogen-bond donors (Lipinski definition) is 1. The van der Waals surface area contributed by atoms with Crippen LogP contribution >= 0.6 is 0 Å². The Labute approximate surface area is 233 Å². The van der Waals surface area contributed by atoms with Gasteiger partial charge in [-0.1, -0.05) is 18.7 Å². The molecule has 0 saturated carbocycles. The van der Waals surface area contributed by atoms with Gasteiger partial charge in [0.1, 0.15) is 18.0 Å². The minimum Gasteiger partial charge on any atom is -0.492 e. The Bertz CT molecular complexity index is 1630. The summed E-state index contributed by atoms with van der Waals surface area (Å²) in [5, 5.41) is 3.67. The summed E-state index contributed by atoms with van der Waals surface area (Å²) in [4.78, 5) is 41.7. The molecule has 1 aliphatic rings. The van der Waals surface area contributed by atoms with Gasteiger partial charge in [-0.05, 0) is 69.1 Å². The molecular formula is C30H33N7O3. The number of para-hydroxylation sites is 1. The molecule has 3 heterocycles. The lowest BCUT2D eigenvalue weighted by Crippen LogP contribution is -2.43. The van der Waals surface area contributed by atoms with Crippen LogP contribution in [-0.4, -0.2) is 72.7 Å². The molecule has 0 aliphatic carbocycles. The van der Waals surface area contributed by atoms with Gasteiger partial charge in [0, 0.05) is 38.3 Å². The fraction of sp³-hybridized carbons (Fsp3) is 0.267. The number of aromatic nitrogens is 3. The van der Waals surface area contributed by atoms with E-state index in [2.05, 4.69) is 26.8 Å². The number of aryl methyl sites for hydroxylation is 1. The van der Waals surface area contributed by atoms with E-state index in [0.717, 1.165) is 29.2 Å². The van der Waals surface area contributed by atoms with Crippen molar-refractivity contribution in [1.82, 2.24) is 19.4 Å². The maximum Gasteiger partial charge on any atom is 0.280 e. The average Bonchev–Trinajstić information content (AvgIpc) is 2.96. The van der Waals surface area contributed by atoms with Crippen LogP contribution in [0.4, 0.5) is 23.0 Å². The first-order chi connectivity index (χ1) is 19.3. The minimum atomic E-state index is -0.231. The summed E-state index contributed by atoms with van der Waals surface area (Å²) in [5.74, 6) is 0.957. The van der Waals surface area contributed by atoms with Gasteiger partial charge in [-0.15, -0.1) is 0 Å². The Morgan fingerprint density at radius 2 is 1.93 bits per heavy atom. The Balaban J connectivity index is 1.65. The van der Waals surface area contributed by atoms with Crippen molar-refractivity contribution >= 4 is 40.0 Å². The second-order valence-electron chi connectivity index (χ2n) is 9.83. The number of hydrogen-bond acceptors (Lipinski definition) is 8. The van der Waals surface area contributed by atoms with Crippen LogP contribution in [0, 0.1) is 6.92 Å². The highest BCUT2D eigenvalue weighted by molar-refractivity contribution is 6.05. The topological polar surface area (TPSA) is 95.8 Å². The number of likely N-dealkylation sites (N-methyl/N-ethyl adjacent to an activating group) is 1.